The summed E-state index contributed by atoms with van der Waals surface area (Å²) in [5.41, 5.74) is 0.965. The van der Waals surface area contributed by atoms with Crippen LogP contribution in [0.4, 0.5) is 0 Å². The Hall–Kier alpha value is -0.940. The average Bonchev–Trinajstić information content (AvgIpc) is 2.40. The van der Waals surface area contributed by atoms with Crippen molar-refractivity contribution in [3.63, 3.8) is 0 Å². The maximum Gasteiger partial charge on any atom is 0.0916 e. The summed E-state index contributed by atoms with van der Waals surface area (Å²) >= 11 is 0. The monoisotopic (exact) mass is 250 g/mol. The second-order valence-corrected chi connectivity index (χ2v) is 4.84. The maximum atomic E-state index is 10.1. The zero-order valence-corrected chi connectivity index (χ0v) is 10.9. The highest BCUT2D eigenvalue weighted by atomic mass is 16.5. The molecule has 1 saturated heterocycles. The highest BCUT2D eigenvalue weighted by Gasteiger charge is 2.17. The van der Waals surface area contributed by atoms with E-state index in [1.54, 1.807) is 0 Å². The zero-order valence-electron chi connectivity index (χ0n) is 10.9. The molecule has 2 N–H and O–H groups in total. The third-order valence-electron chi connectivity index (χ3n) is 3.19. The Morgan fingerprint density at radius 3 is 2.89 bits per heavy atom. The van der Waals surface area contributed by atoms with Gasteiger partial charge >= 0.3 is 0 Å². The summed E-state index contributed by atoms with van der Waals surface area (Å²) < 4.78 is 5.65. The minimum Gasteiger partial charge on any atom is -0.387 e. The van der Waals surface area contributed by atoms with Gasteiger partial charge in [0.2, 0.25) is 0 Å². The molecule has 100 valence electrons. The quantitative estimate of drug-likeness (QED) is 0.805. The van der Waals surface area contributed by atoms with Gasteiger partial charge in [-0.2, -0.15) is 0 Å². The number of aliphatic hydroxyl groups excluding tert-OH is 1. The predicted molar refractivity (Wildman–Crippen MR) is 71.5 cm³/mol. The van der Waals surface area contributed by atoms with Gasteiger partial charge < -0.3 is 20.1 Å². The molecule has 4 heteroatoms. The number of ether oxygens (including phenoxy) is 1. The topological polar surface area (TPSA) is 44.7 Å². The zero-order chi connectivity index (χ0) is 12.8. The molecule has 0 aliphatic carbocycles. The van der Waals surface area contributed by atoms with Crippen molar-refractivity contribution in [1.29, 1.82) is 0 Å². The molecule has 0 spiro atoms. The van der Waals surface area contributed by atoms with Crippen molar-refractivity contribution < 1.29 is 9.84 Å². The van der Waals surface area contributed by atoms with Gasteiger partial charge in [0, 0.05) is 26.2 Å². The molecule has 4 nitrogen and oxygen atoms in total. The number of nitrogens with zero attached hydrogens (tertiary/aromatic N) is 1. The van der Waals surface area contributed by atoms with E-state index in [4.69, 9.17) is 4.74 Å². The highest BCUT2D eigenvalue weighted by molar-refractivity contribution is 5.17. The number of hydrogen-bond donors (Lipinski definition) is 2. The van der Waals surface area contributed by atoms with Crippen LogP contribution in [-0.2, 0) is 4.74 Å². The summed E-state index contributed by atoms with van der Waals surface area (Å²) in [6, 6.07) is 9.77. The molecule has 18 heavy (non-hydrogen) atoms. The van der Waals surface area contributed by atoms with E-state index in [-0.39, 0.29) is 6.10 Å². The van der Waals surface area contributed by atoms with Gasteiger partial charge in [0.25, 0.3) is 0 Å². The Morgan fingerprint density at radius 1 is 1.44 bits per heavy atom. The van der Waals surface area contributed by atoms with Crippen LogP contribution in [0.25, 0.3) is 0 Å². The van der Waals surface area contributed by atoms with Crippen molar-refractivity contribution in [2.24, 2.45) is 0 Å². The summed E-state index contributed by atoms with van der Waals surface area (Å²) in [5, 5.41) is 13.4. The molecular weight excluding hydrogens is 228 g/mol. The Kier molecular flexibility index (Phi) is 5.13. The molecule has 1 aliphatic rings. The highest BCUT2D eigenvalue weighted by Crippen LogP contribution is 2.13. The number of rotatable bonds is 5. The van der Waals surface area contributed by atoms with Crippen molar-refractivity contribution in [1.82, 2.24) is 10.2 Å². The Morgan fingerprint density at radius 2 is 2.22 bits per heavy atom. The van der Waals surface area contributed by atoms with E-state index < -0.39 is 6.10 Å². The van der Waals surface area contributed by atoms with Crippen LogP contribution in [0.15, 0.2) is 30.3 Å². The molecule has 2 unspecified atom stereocenters. The first-order valence-corrected chi connectivity index (χ1v) is 6.49. The van der Waals surface area contributed by atoms with E-state index in [0.29, 0.717) is 6.54 Å². The molecule has 1 aromatic carbocycles. The standard InChI is InChI=1S/C14H22N2O2/c1-16(10-13-9-15-7-8-18-13)11-14(17)12-5-3-2-4-6-12/h2-6,13-15,17H,7-11H2,1H3. The van der Waals surface area contributed by atoms with Gasteiger partial charge in [-0.3, -0.25) is 0 Å². The van der Waals surface area contributed by atoms with Gasteiger partial charge in [-0.05, 0) is 12.6 Å². The normalized spacial score (nSPS) is 22.1. The fourth-order valence-corrected chi connectivity index (χ4v) is 2.23. The average molecular weight is 250 g/mol. The van der Waals surface area contributed by atoms with E-state index in [0.717, 1.165) is 31.8 Å². The Bertz CT molecular complexity index is 339. The first kappa shape index (κ1) is 13.5. The number of hydrogen-bond acceptors (Lipinski definition) is 4. The number of likely N-dealkylation sites (N-methyl/N-ethyl adjacent to an activating group) is 1. The minimum absolute atomic E-state index is 0.228. The molecule has 0 amide bonds. The minimum atomic E-state index is -0.437. The predicted octanol–water partition coefficient (Wildman–Crippen LogP) is 0.640. The van der Waals surface area contributed by atoms with Gasteiger partial charge in [-0.25, -0.2) is 0 Å². The lowest BCUT2D eigenvalue weighted by molar-refractivity contribution is 0.00257. The van der Waals surface area contributed by atoms with Gasteiger partial charge in [-0.15, -0.1) is 0 Å². The lowest BCUT2D eigenvalue weighted by atomic mass is 10.1. The first-order chi connectivity index (χ1) is 8.75. The van der Waals surface area contributed by atoms with Crippen molar-refractivity contribution in [2.75, 3.05) is 39.8 Å². The Labute approximate surface area is 109 Å². The SMILES string of the molecule is CN(CC1CNCCO1)CC(O)c1ccccc1. The van der Waals surface area contributed by atoms with Crippen LogP contribution in [0, 0.1) is 0 Å². The summed E-state index contributed by atoms with van der Waals surface area (Å²) in [6.07, 6.45) is -0.209. The van der Waals surface area contributed by atoms with Crippen LogP contribution < -0.4 is 5.32 Å². The van der Waals surface area contributed by atoms with Crippen molar-refractivity contribution >= 4 is 0 Å². The number of morpholine rings is 1. The summed E-state index contributed by atoms with van der Waals surface area (Å²) in [5.74, 6) is 0. The van der Waals surface area contributed by atoms with Crippen LogP contribution in [-0.4, -0.2) is 55.9 Å². The molecule has 1 aromatic rings. The molecular formula is C14H22N2O2. The molecule has 0 bridgehead atoms. The van der Waals surface area contributed by atoms with Gasteiger partial charge in [0.05, 0.1) is 18.8 Å². The molecule has 2 rings (SSSR count). The van der Waals surface area contributed by atoms with E-state index in [1.165, 1.54) is 0 Å². The van der Waals surface area contributed by atoms with Crippen molar-refractivity contribution in [2.45, 2.75) is 12.2 Å². The second-order valence-electron chi connectivity index (χ2n) is 4.84. The second kappa shape index (κ2) is 6.85. The van der Waals surface area contributed by atoms with Crippen LogP contribution in [0.2, 0.25) is 0 Å². The van der Waals surface area contributed by atoms with Gasteiger partial charge in [-0.1, -0.05) is 30.3 Å². The lowest BCUT2D eigenvalue weighted by Gasteiger charge is -2.29. The number of benzene rings is 1. The smallest absolute Gasteiger partial charge is 0.0916 e. The van der Waals surface area contributed by atoms with E-state index in [9.17, 15) is 5.11 Å². The first-order valence-electron chi connectivity index (χ1n) is 6.49. The van der Waals surface area contributed by atoms with Crippen LogP contribution in [0.5, 0.6) is 0 Å². The van der Waals surface area contributed by atoms with Gasteiger partial charge in [0.15, 0.2) is 0 Å². The van der Waals surface area contributed by atoms with Crippen LogP contribution >= 0.6 is 0 Å². The van der Waals surface area contributed by atoms with E-state index in [1.807, 2.05) is 37.4 Å². The summed E-state index contributed by atoms with van der Waals surface area (Å²) in [6.45, 7) is 4.08. The molecule has 2 atom stereocenters. The summed E-state index contributed by atoms with van der Waals surface area (Å²) in [4.78, 5) is 2.12. The summed E-state index contributed by atoms with van der Waals surface area (Å²) in [7, 11) is 2.02. The Balaban J connectivity index is 1.78. The molecule has 0 radical (unpaired) electrons. The molecule has 1 aliphatic heterocycles. The largest absolute Gasteiger partial charge is 0.387 e. The van der Waals surface area contributed by atoms with E-state index in [2.05, 4.69) is 10.2 Å². The number of nitrogens with one attached hydrogen (secondary N) is 1. The van der Waals surface area contributed by atoms with Gasteiger partial charge in [0.1, 0.15) is 0 Å². The lowest BCUT2D eigenvalue weighted by Crippen LogP contribution is -2.45. The fraction of sp³-hybridized carbons (Fsp3) is 0.571. The van der Waals surface area contributed by atoms with Crippen molar-refractivity contribution in [3.8, 4) is 0 Å². The third kappa shape index (κ3) is 4.07. The maximum absolute atomic E-state index is 10.1. The molecule has 1 heterocycles. The molecule has 0 aromatic heterocycles. The fourth-order valence-electron chi connectivity index (χ4n) is 2.23. The van der Waals surface area contributed by atoms with Crippen LogP contribution in [0.1, 0.15) is 11.7 Å². The molecule has 0 saturated carbocycles. The van der Waals surface area contributed by atoms with Crippen LogP contribution in [0.3, 0.4) is 0 Å². The van der Waals surface area contributed by atoms with Crippen molar-refractivity contribution in [3.05, 3.63) is 35.9 Å². The van der Waals surface area contributed by atoms with E-state index >= 15 is 0 Å². The molecule has 1 fully saturated rings. The third-order valence-corrected chi connectivity index (χ3v) is 3.19. The number of aliphatic hydroxyl groups is 1.